The minimum Gasteiger partial charge on any atom is -0.394 e. The van der Waals surface area contributed by atoms with Crippen LogP contribution in [0.4, 0.5) is 10.2 Å². The number of phosphoric acid groups is 3. The fraction of sp³-hybridized carbons (Fsp3) is 0.667. The maximum atomic E-state index is 14.9. The van der Waals surface area contributed by atoms with Gasteiger partial charge in [0.05, 0.1) is 12.9 Å². The second kappa shape index (κ2) is 11.7. The number of ether oxygens (including phenoxy) is 3. The van der Waals surface area contributed by atoms with Crippen LogP contribution in [0.25, 0.3) is 11.2 Å². The van der Waals surface area contributed by atoms with Gasteiger partial charge in [-0.1, -0.05) is 0 Å². The van der Waals surface area contributed by atoms with Crippen molar-refractivity contribution in [1.29, 1.82) is 0 Å². The van der Waals surface area contributed by atoms with Crippen LogP contribution in [0.15, 0.2) is 12.7 Å². The summed E-state index contributed by atoms with van der Waals surface area (Å²) < 4.78 is 78.1. The van der Waals surface area contributed by atoms with Gasteiger partial charge in [0.15, 0.2) is 17.7 Å². The Labute approximate surface area is 231 Å². The van der Waals surface area contributed by atoms with Gasteiger partial charge in [-0.3, -0.25) is 9.09 Å². The molecule has 2 aliphatic heterocycles. The Morgan fingerprint density at radius 2 is 1.71 bits per heavy atom. The van der Waals surface area contributed by atoms with Crippen molar-refractivity contribution < 1.29 is 90.5 Å². The Morgan fingerprint density at radius 1 is 1.05 bits per heavy atom. The van der Waals surface area contributed by atoms with Crippen LogP contribution < -0.4 is 5.73 Å². The second-order valence-electron chi connectivity index (χ2n) is 8.62. The van der Waals surface area contributed by atoms with E-state index in [0.29, 0.717) is 0 Å². The van der Waals surface area contributed by atoms with Crippen molar-refractivity contribution in [3.05, 3.63) is 12.7 Å². The first-order valence-corrected chi connectivity index (χ1v) is 15.6. The van der Waals surface area contributed by atoms with Gasteiger partial charge < -0.3 is 65.1 Å². The number of rotatable bonds is 11. The normalized spacial score (nSPS) is 35.7. The third kappa shape index (κ3) is 6.86. The second-order valence-corrected chi connectivity index (χ2v) is 13.0. The molecule has 4 heterocycles. The average Bonchev–Trinajstić information content (AvgIpc) is 3.45. The number of nitrogen functional groups attached to an aromatic ring is 1. The fourth-order valence-electron chi connectivity index (χ4n) is 3.91. The van der Waals surface area contributed by atoms with Gasteiger partial charge in [0.2, 0.25) is 12.6 Å². The highest BCUT2D eigenvalue weighted by Crippen LogP contribution is 2.67. The molecule has 0 saturated carbocycles. The maximum Gasteiger partial charge on any atom is 0.490 e. The van der Waals surface area contributed by atoms with Gasteiger partial charge in [-0.25, -0.2) is 33.0 Å². The van der Waals surface area contributed by atoms with Crippen LogP contribution in [0, 0.1) is 0 Å². The van der Waals surface area contributed by atoms with Crippen molar-refractivity contribution in [3.8, 4) is 0 Å². The van der Waals surface area contributed by atoms with E-state index in [0.717, 1.165) is 17.2 Å². The van der Waals surface area contributed by atoms with Gasteiger partial charge in [0, 0.05) is 0 Å². The van der Waals surface area contributed by atoms with Crippen molar-refractivity contribution in [2.24, 2.45) is 0 Å². The van der Waals surface area contributed by atoms with E-state index >= 15 is 0 Å². The van der Waals surface area contributed by atoms with E-state index in [9.17, 15) is 53.4 Å². The van der Waals surface area contributed by atoms with E-state index < -0.39 is 85.3 Å². The SMILES string of the molecule is Nc1ncnc2c1ncn2[C@@H]1O[C@H](C(OC2O[C@H](CO)[C@@H](O)[C@@]2(O)F)OP(=O)(O)OP(=O)(O)OP(=O)(O)O)[C@@H](O)[C@H]1O. The van der Waals surface area contributed by atoms with E-state index in [1.54, 1.807) is 0 Å². The average molecular weight is 673 g/mol. The molecule has 2 fully saturated rings. The van der Waals surface area contributed by atoms with Crippen molar-refractivity contribution in [2.45, 2.75) is 55.2 Å². The number of nitrogens with two attached hydrogens (primary N) is 1. The molecule has 27 heteroatoms. The molecular weight excluding hydrogens is 650 g/mol. The summed E-state index contributed by atoms with van der Waals surface area (Å²) in [5.74, 6) is -3.98. The number of phosphoric ester groups is 1. The summed E-state index contributed by atoms with van der Waals surface area (Å²) in [4.78, 5) is 48.5. The summed E-state index contributed by atoms with van der Waals surface area (Å²) >= 11 is 0. The Kier molecular flexibility index (Phi) is 9.27. The van der Waals surface area contributed by atoms with E-state index in [1.807, 2.05) is 0 Å². The Morgan fingerprint density at radius 3 is 2.31 bits per heavy atom. The lowest BCUT2D eigenvalue weighted by Gasteiger charge is -2.31. The molecule has 0 amide bonds. The third-order valence-corrected chi connectivity index (χ3v) is 9.49. The lowest BCUT2D eigenvalue weighted by Crippen LogP contribution is -2.49. The number of nitrogens with zero attached hydrogens (tertiary/aromatic N) is 4. The fourth-order valence-corrected chi connectivity index (χ4v) is 7.00. The smallest absolute Gasteiger partial charge is 0.394 e. The van der Waals surface area contributed by atoms with Crippen LogP contribution in [0.5, 0.6) is 0 Å². The number of anilines is 1. The van der Waals surface area contributed by atoms with Gasteiger partial charge in [-0.15, -0.1) is 0 Å². The molecular formula is C15H23FN5O18P3. The number of fused-ring (bicyclic) bond motifs is 1. The van der Waals surface area contributed by atoms with Gasteiger partial charge >= 0.3 is 23.5 Å². The van der Waals surface area contributed by atoms with Crippen LogP contribution >= 0.6 is 23.5 Å². The molecule has 4 unspecified atom stereocenters. The molecule has 0 aromatic carbocycles. The first-order chi connectivity index (χ1) is 19.3. The standard InChI is InChI=1S/C15H23FN5O18P3/c16-15(26)9(25)4(1-22)34-14(15)36-13(37-41(30,31)39-42(32,33)38-40(27,28)29)8-6(23)7(24)12(35-8)21-3-20-5-10(17)18-2-19-11(5)21/h2-4,6-9,12-14,22-26H,1H2,(H,30,31)(H,32,33)(H2,17,18,19)(H2,27,28,29)/t4-,6+,7-,8+,9-,12-,13?,14?,15+/m1/s1. The summed E-state index contributed by atoms with van der Waals surface area (Å²) in [5, 5.41) is 50.5. The molecule has 11 atom stereocenters. The summed E-state index contributed by atoms with van der Waals surface area (Å²) in [5.41, 5.74) is 5.66. The van der Waals surface area contributed by atoms with Crippen LogP contribution in [-0.4, -0.2) is 120 Å². The van der Waals surface area contributed by atoms with Crippen molar-refractivity contribution in [3.63, 3.8) is 0 Å². The highest BCUT2D eigenvalue weighted by molar-refractivity contribution is 7.66. The molecule has 2 aromatic rings. The number of aromatic nitrogens is 4. The summed E-state index contributed by atoms with van der Waals surface area (Å²) in [6.07, 6.45) is -15.9. The third-order valence-electron chi connectivity index (χ3n) is 5.69. The molecule has 0 aliphatic carbocycles. The summed E-state index contributed by atoms with van der Waals surface area (Å²) in [7, 11) is -18.0. The Bertz CT molecular complexity index is 1440. The van der Waals surface area contributed by atoms with Gasteiger partial charge in [0.1, 0.15) is 42.4 Å². The maximum absolute atomic E-state index is 14.9. The van der Waals surface area contributed by atoms with Gasteiger partial charge in [-0.05, 0) is 0 Å². The summed E-state index contributed by atoms with van der Waals surface area (Å²) in [6.45, 7) is -1.09. The molecule has 2 aliphatic rings. The highest BCUT2D eigenvalue weighted by atomic mass is 31.3. The van der Waals surface area contributed by atoms with Crippen LogP contribution in [0.2, 0.25) is 0 Å². The molecule has 11 N–H and O–H groups in total. The van der Waals surface area contributed by atoms with Crippen LogP contribution in [0.3, 0.4) is 0 Å². The van der Waals surface area contributed by atoms with Crippen LogP contribution in [0.1, 0.15) is 6.23 Å². The number of hydrogen-bond donors (Lipinski definition) is 10. The first-order valence-electron chi connectivity index (χ1n) is 11.0. The topological polar surface area (TPSA) is 358 Å². The zero-order chi connectivity index (χ0) is 31.4. The molecule has 4 rings (SSSR count). The van der Waals surface area contributed by atoms with E-state index in [1.165, 1.54) is 0 Å². The molecule has 0 spiro atoms. The molecule has 0 bridgehead atoms. The zero-order valence-electron chi connectivity index (χ0n) is 20.3. The molecule has 2 aromatic heterocycles. The highest BCUT2D eigenvalue weighted by Gasteiger charge is 2.60. The van der Waals surface area contributed by atoms with E-state index in [4.69, 9.17) is 29.7 Å². The van der Waals surface area contributed by atoms with Gasteiger partial charge in [-0.2, -0.15) is 8.62 Å². The first kappa shape index (κ1) is 33.3. The molecule has 238 valence electrons. The number of alkyl halides is 1. The van der Waals surface area contributed by atoms with Crippen molar-refractivity contribution in [1.82, 2.24) is 19.5 Å². The van der Waals surface area contributed by atoms with Crippen LogP contribution in [-0.2, 0) is 41.1 Å². The molecule has 0 radical (unpaired) electrons. The lowest BCUT2D eigenvalue weighted by atomic mass is 10.1. The number of aliphatic hydroxyl groups excluding tert-OH is 4. The zero-order valence-corrected chi connectivity index (χ0v) is 22.9. The predicted molar refractivity (Wildman–Crippen MR) is 123 cm³/mol. The van der Waals surface area contributed by atoms with Crippen molar-refractivity contribution >= 4 is 40.4 Å². The molecule has 23 nitrogen and oxygen atoms in total. The predicted octanol–water partition coefficient (Wildman–Crippen LogP) is -3.55. The Balaban J connectivity index is 1.66. The van der Waals surface area contributed by atoms with Gasteiger partial charge in [0.25, 0.3) is 5.85 Å². The van der Waals surface area contributed by atoms with Crippen molar-refractivity contribution in [2.75, 3.05) is 12.3 Å². The van der Waals surface area contributed by atoms with E-state index in [-0.39, 0.29) is 17.0 Å². The molecule has 42 heavy (non-hydrogen) atoms. The minimum atomic E-state index is -6.12. The monoisotopic (exact) mass is 673 g/mol. The number of imidazole rings is 1. The van der Waals surface area contributed by atoms with E-state index in [2.05, 4.69) is 28.1 Å². The summed E-state index contributed by atoms with van der Waals surface area (Å²) in [6, 6.07) is 0. The quantitative estimate of drug-likeness (QED) is 0.0815. The number of aliphatic hydroxyl groups is 5. The minimum absolute atomic E-state index is 0.0122. The number of halogens is 1. The molecule has 2 saturated heterocycles. The largest absolute Gasteiger partial charge is 0.490 e. The lowest BCUT2D eigenvalue weighted by molar-refractivity contribution is -0.317. The number of hydrogen-bond acceptors (Lipinski definition) is 18. The Hall–Kier alpha value is -1.63.